The molecule has 1 heterocycles. The largest absolute Gasteiger partial charge is 0.381 e. The SMILES string of the molecule is CCOP(=O)(OCC)c1ccc2c(c1)CCCC(C1CCOCC1)C2=O. The van der Waals surface area contributed by atoms with Crippen LogP contribution in [0.3, 0.4) is 0 Å². The standard InChI is InChI=1S/C20H29O5P/c1-3-24-26(22,25-4-2)17-8-9-19-16(14-17)6-5-7-18(20(19)21)15-10-12-23-13-11-15/h8-9,14-15,18H,3-7,10-13H2,1-2H3. The summed E-state index contributed by atoms with van der Waals surface area (Å²) in [6.45, 7) is 5.75. The highest BCUT2D eigenvalue weighted by Crippen LogP contribution is 2.47. The molecule has 0 radical (unpaired) electrons. The van der Waals surface area contributed by atoms with Crippen LogP contribution in [-0.2, 0) is 24.8 Å². The Morgan fingerprint density at radius 1 is 1.12 bits per heavy atom. The first kappa shape index (κ1) is 19.8. The average molecular weight is 380 g/mol. The summed E-state index contributed by atoms with van der Waals surface area (Å²) in [6.07, 6.45) is 4.65. The van der Waals surface area contributed by atoms with E-state index in [1.165, 1.54) is 0 Å². The van der Waals surface area contributed by atoms with Crippen molar-refractivity contribution >= 4 is 18.7 Å². The first-order valence-corrected chi connectivity index (χ1v) is 11.3. The first-order chi connectivity index (χ1) is 12.6. The summed E-state index contributed by atoms with van der Waals surface area (Å²) < 4.78 is 29.4. The molecule has 0 N–H and O–H groups in total. The van der Waals surface area contributed by atoms with Crippen LogP contribution in [0.25, 0.3) is 0 Å². The van der Waals surface area contributed by atoms with Gasteiger partial charge in [-0.25, -0.2) is 0 Å². The molecule has 1 unspecified atom stereocenters. The van der Waals surface area contributed by atoms with Gasteiger partial charge in [-0.1, -0.05) is 6.07 Å². The number of rotatable bonds is 6. The van der Waals surface area contributed by atoms with Gasteiger partial charge in [-0.3, -0.25) is 9.36 Å². The molecular formula is C20H29O5P. The summed E-state index contributed by atoms with van der Waals surface area (Å²) in [5.41, 5.74) is 1.75. The highest BCUT2D eigenvalue weighted by Gasteiger charge is 2.34. The van der Waals surface area contributed by atoms with Crippen molar-refractivity contribution in [2.24, 2.45) is 11.8 Å². The molecule has 144 valence electrons. The van der Waals surface area contributed by atoms with E-state index in [0.717, 1.165) is 56.4 Å². The van der Waals surface area contributed by atoms with Gasteiger partial charge in [0.2, 0.25) is 0 Å². The number of hydrogen-bond acceptors (Lipinski definition) is 5. The molecule has 1 aliphatic heterocycles. The van der Waals surface area contributed by atoms with E-state index in [0.29, 0.717) is 24.4 Å². The molecule has 2 aliphatic rings. The van der Waals surface area contributed by atoms with E-state index >= 15 is 0 Å². The summed E-state index contributed by atoms with van der Waals surface area (Å²) in [7, 11) is -3.32. The zero-order valence-electron chi connectivity index (χ0n) is 15.7. The zero-order valence-corrected chi connectivity index (χ0v) is 16.6. The number of carbonyl (C=O) groups excluding carboxylic acids is 1. The molecule has 0 aromatic heterocycles. The van der Waals surface area contributed by atoms with Gasteiger partial charge in [0, 0.05) is 24.7 Å². The van der Waals surface area contributed by atoms with E-state index in [2.05, 4.69) is 0 Å². The van der Waals surface area contributed by atoms with Gasteiger partial charge in [0.05, 0.1) is 18.5 Å². The Morgan fingerprint density at radius 3 is 2.46 bits per heavy atom. The summed E-state index contributed by atoms with van der Waals surface area (Å²) in [5, 5.41) is 0.553. The van der Waals surface area contributed by atoms with Crippen LogP contribution in [0, 0.1) is 11.8 Å². The Bertz CT molecular complexity index is 671. The molecule has 0 amide bonds. The Balaban J connectivity index is 1.89. The van der Waals surface area contributed by atoms with Gasteiger partial charge in [-0.2, -0.15) is 0 Å². The average Bonchev–Trinajstić information content (AvgIpc) is 2.81. The van der Waals surface area contributed by atoms with E-state index < -0.39 is 7.60 Å². The van der Waals surface area contributed by atoms with Crippen LogP contribution in [0.2, 0.25) is 0 Å². The fourth-order valence-electron chi connectivity index (χ4n) is 4.14. The van der Waals surface area contributed by atoms with Crippen molar-refractivity contribution in [2.45, 2.75) is 46.0 Å². The van der Waals surface area contributed by atoms with Crippen molar-refractivity contribution in [2.75, 3.05) is 26.4 Å². The lowest BCUT2D eigenvalue weighted by molar-refractivity contribution is 0.0417. The van der Waals surface area contributed by atoms with Crippen molar-refractivity contribution in [3.63, 3.8) is 0 Å². The van der Waals surface area contributed by atoms with Crippen LogP contribution >= 0.6 is 7.60 Å². The summed E-state index contributed by atoms with van der Waals surface area (Å²) in [6, 6.07) is 5.44. The molecule has 1 saturated heterocycles. The summed E-state index contributed by atoms with van der Waals surface area (Å²) in [4.78, 5) is 13.2. The second-order valence-electron chi connectivity index (χ2n) is 6.99. The number of hydrogen-bond donors (Lipinski definition) is 0. The van der Waals surface area contributed by atoms with Crippen LogP contribution in [-0.4, -0.2) is 32.2 Å². The zero-order chi connectivity index (χ0) is 18.6. The van der Waals surface area contributed by atoms with Crippen molar-refractivity contribution in [1.82, 2.24) is 0 Å². The van der Waals surface area contributed by atoms with E-state index in [-0.39, 0.29) is 11.7 Å². The molecule has 5 nitrogen and oxygen atoms in total. The van der Waals surface area contributed by atoms with Gasteiger partial charge in [0.25, 0.3) is 0 Å². The van der Waals surface area contributed by atoms with E-state index in [9.17, 15) is 9.36 Å². The number of benzene rings is 1. The number of aryl methyl sites for hydroxylation is 1. The number of Topliss-reactive ketones (excluding diaryl/α,β-unsaturated/α-hetero) is 1. The number of carbonyl (C=O) groups is 1. The topological polar surface area (TPSA) is 61.8 Å². The Hall–Kier alpha value is -1.00. The van der Waals surface area contributed by atoms with Crippen LogP contribution in [0.1, 0.15) is 55.5 Å². The van der Waals surface area contributed by atoms with Crippen LogP contribution < -0.4 is 5.30 Å². The van der Waals surface area contributed by atoms with Gasteiger partial charge < -0.3 is 13.8 Å². The molecular weight excluding hydrogens is 351 g/mol. The molecule has 0 spiro atoms. The maximum atomic E-state index is 13.2. The lowest BCUT2D eigenvalue weighted by Gasteiger charge is -2.28. The second-order valence-corrected chi connectivity index (χ2v) is 9.01. The van der Waals surface area contributed by atoms with E-state index in [1.807, 2.05) is 12.1 Å². The monoisotopic (exact) mass is 380 g/mol. The molecule has 1 aliphatic carbocycles. The lowest BCUT2D eigenvalue weighted by atomic mass is 9.79. The van der Waals surface area contributed by atoms with Crippen molar-refractivity contribution in [3.05, 3.63) is 29.3 Å². The van der Waals surface area contributed by atoms with Gasteiger partial charge in [0.1, 0.15) is 0 Å². The quantitative estimate of drug-likeness (QED) is 0.548. The fraction of sp³-hybridized carbons (Fsp3) is 0.650. The number of ketones is 1. The molecule has 26 heavy (non-hydrogen) atoms. The molecule has 3 rings (SSSR count). The normalized spacial score (nSPS) is 22.1. The Kier molecular flexibility index (Phi) is 6.68. The summed E-state index contributed by atoms with van der Waals surface area (Å²) >= 11 is 0. The first-order valence-electron chi connectivity index (χ1n) is 9.73. The third kappa shape index (κ3) is 4.12. The van der Waals surface area contributed by atoms with E-state index in [4.69, 9.17) is 13.8 Å². The minimum atomic E-state index is -3.32. The molecule has 1 atom stereocenters. The molecule has 1 fully saturated rings. The molecule has 0 saturated carbocycles. The fourth-order valence-corrected chi connectivity index (χ4v) is 5.76. The van der Waals surface area contributed by atoms with Gasteiger partial charge in [-0.05, 0) is 69.6 Å². The van der Waals surface area contributed by atoms with Gasteiger partial charge >= 0.3 is 7.60 Å². The highest BCUT2D eigenvalue weighted by molar-refractivity contribution is 7.62. The van der Waals surface area contributed by atoms with Crippen LogP contribution in [0.4, 0.5) is 0 Å². The van der Waals surface area contributed by atoms with Gasteiger partial charge in [-0.15, -0.1) is 0 Å². The Morgan fingerprint density at radius 2 is 1.81 bits per heavy atom. The smallest absolute Gasteiger partial charge is 0.361 e. The second kappa shape index (κ2) is 8.79. The third-order valence-corrected chi connectivity index (χ3v) is 7.51. The predicted octanol–water partition coefficient (Wildman–Crippen LogP) is 4.14. The third-order valence-electron chi connectivity index (χ3n) is 5.40. The Labute approximate surface area is 155 Å². The molecule has 6 heteroatoms. The number of fused-ring (bicyclic) bond motifs is 1. The minimum absolute atomic E-state index is 0.0802. The van der Waals surface area contributed by atoms with Crippen molar-refractivity contribution in [3.8, 4) is 0 Å². The summed E-state index contributed by atoms with van der Waals surface area (Å²) in [5.74, 6) is 0.731. The highest BCUT2D eigenvalue weighted by atomic mass is 31.2. The van der Waals surface area contributed by atoms with Crippen LogP contribution in [0.5, 0.6) is 0 Å². The molecule has 1 aromatic rings. The van der Waals surface area contributed by atoms with E-state index in [1.54, 1.807) is 19.9 Å². The maximum Gasteiger partial charge on any atom is 0.361 e. The van der Waals surface area contributed by atoms with Crippen molar-refractivity contribution in [1.29, 1.82) is 0 Å². The van der Waals surface area contributed by atoms with Crippen LogP contribution in [0.15, 0.2) is 18.2 Å². The van der Waals surface area contributed by atoms with Crippen molar-refractivity contribution < 1.29 is 23.1 Å². The maximum absolute atomic E-state index is 13.2. The van der Waals surface area contributed by atoms with Gasteiger partial charge in [0.15, 0.2) is 5.78 Å². The predicted molar refractivity (Wildman–Crippen MR) is 101 cm³/mol. The lowest BCUT2D eigenvalue weighted by Crippen LogP contribution is -2.29. The molecule has 1 aromatic carbocycles. The minimum Gasteiger partial charge on any atom is -0.381 e. The number of ether oxygens (including phenoxy) is 1. The molecule has 0 bridgehead atoms.